The van der Waals surface area contributed by atoms with Crippen LogP contribution in [0.5, 0.6) is 11.6 Å². The molecule has 0 saturated heterocycles. The first kappa shape index (κ1) is 23.5. The van der Waals surface area contributed by atoms with Crippen molar-refractivity contribution in [1.82, 2.24) is 9.78 Å². The number of benzene rings is 2. The number of carbonyl (C=O) groups excluding carboxylic acids is 1. The van der Waals surface area contributed by atoms with Crippen LogP contribution in [0, 0.1) is 20.8 Å². The zero-order valence-electron chi connectivity index (χ0n) is 19.2. The molecule has 0 aliphatic heterocycles. The van der Waals surface area contributed by atoms with Crippen molar-refractivity contribution >= 4 is 15.6 Å². The summed E-state index contributed by atoms with van der Waals surface area (Å²) in [7, 11) is -1.80. The van der Waals surface area contributed by atoms with Gasteiger partial charge < -0.3 is 9.47 Å². The number of hydrogen-bond acceptors (Lipinski definition) is 6. The Hall–Kier alpha value is -3.13. The first-order valence-corrected chi connectivity index (χ1v) is 12.1. The van der Waals surface area contributed by atoms with Gasteiger partial charge in [0.05, 0.1) is 18.2 Å². The molecule has 0 spiro atoms. The van der Waals surface area contributed by atoms with Crippen molar-refractivity contribution in [3.05, 3.63) is 69.9 Å². The highest BCUT2D eigenvalue weighted by Crippen LogP contribution is 2.30. The van der Waals surface area contributed by atoms with E-state index in [0.717, 1.165) is 11.3 Å². The van der Waals surface area contributed by atoms with Crippen LogP contribution in [-0.2, 0) is 23.0 Å². The van der Waals surface area contributed by atoms with E-state index in [0.29, 0.717) is 40.2 Å². The molecule has 3 aromatic rings. The fraction of sp³-hybridized carbons (Fsp3) is 0.333. The largest absolute Gasteiger partial charge is 0.497 e. The number of ketones is 1. The predicted octanol–water partition coefficient (Wildman–Crippen LogP) is 4.05. The van der Waals surface area contributed by atoms with E-state index >= 15 is 0 Å². The molecule has 2 aromatic carbocycles. The first-order valence-electron chi connectivity index (χ1n) is 10.3. The van der Waals surface area contributed by atoms with E-state index in [1.54, 1.807) is 38.6 Å². The molecule has 7 nitrogen and oxygen atoms in total. The molecule has 170 valence electrons. The molecule has 0 amide bonds. The molecule has 32 heavy (non-hydrogen) atoms. The molecule has 0 atom stereocenters. The molecule has 1 heterocycles. The zero-order chi connectivity index (χ0) is 23.6. The standard InChI is InChI=1S/C24H28N2O5S/c1-7-26-24(31-14-18-8-10-19(30-5)11-9-18)21(13-25-26)22(27)20-12-15(2)23(32(6,28)29)17(4)16(20)3/h8-13H,7,14H2,1-6H3. The number of carbonyl (C=O) groups is 1. The maximum absolute atomic E-state index is 13.5. The Balaban J connectivity index is 1.98. The fourth-order valence-corrected chi connectivity index (χ4v) is 5.14. The Morgan fingerprint density at radius 1 is 1.06 bits per heavy atom. The summed E-state index contributed by atoms with van der Waals surface area (Å²) < 4.78 is 37.3. The summed E-state index contributed by atoms with van der Waals surface area (Å²) in [6.07, 6.45) is 2.68. The van der Waals surface area contributed by atoms with Gasteiger partial charge in [-0.25, -0.2) is 13.1 Å². The Morgan fingerprint density at radius 2 is 1.72 bits per heavy atom. The molecule has 0 bridgehead atoms. The quantitative estimate of drug-likeness (QED) is 0.475. The summed E-state index contributed by atoms with van der Waals surface area (Å²) in [6.45, 7) is 7.91. The molecule has 0 fully saturated rings. The topological polar surface area (TPSA) is 87.5 Å². The van der Waals surface area contributed by atoms with Crippen molar-refractivity contribution in [2.45, 2.75) is 45.7 Å². The highest BCUT2D eigenvalue weighted by atomic mass is 32.2. The normalized spacial score (nSPS) is 11.4. The smallest absolute Gasteiger partial charge is 0.223 e. The summed E-state index contributed by atoms with van der Waals surface area (Å²) in [6, 6.07) is 9.12. The number of ether oxygens (including phenoxy) is 2. The molecular weight excluding hydrogens is 428 g/mol. The predicted molar refractivity (Wildman–Crippen MR) is 122 cm³/mol. The van der Waals surface area contributed by atoms with Crippen LogP contribution in [0.4, 0.5) is 0 Å². The number of sulfone groups is 1. The average Bonchev–Trinajstić information content (AvgIpc) is 3.16. The van der Waals surface area contributed by atoms with Gasteiger partial charge in [-0.2, -0.15) is 5.10 Å². The van der Waals surface area contributed by atoms with Crippen LogP contribution < -0.4 is 9.47 Å². The van der Waals surface area contributed by atoms with Gasteiger partial charge in [0, 0.05) is 18.4 Å². The van der Waals surface area contributed by atoms with Crippen LogP contribution in [0.3, 0.4) is 0 Å². The van der Waals surface area contributed by atoms with E-state index in [9.17, 15) is 13.2 Å². The Bertz CT molecular complexity index is 1260. The zero-order valence-corrected chi connectivity index (χ0v) is 20.0. The number of nitrogens with zero attached hydrogens (tertiary/aromatic N) is 2. The lowest BCUT2D eigenvalue weighted by molar-refractivity contribution is 0.103. The van der Waals surface area contributed by atoms with Crippen molar-refractivity contribution in [1.29, 1.82) is 0 Å². The number of hydrogen-bond donors (Lipinski definition) is 0. The molecule has 0 radical (unpaired) electrons. The minimum absolute atomic E-state index is 0.252. The van der Waals surface area contributed by atoms with Crippen molar-refractivity contribution in [3.8, 4) is 11.6 Å². The maximum atomic E-state index is 13.5. The molecule has 1 aromatic heterocycles. The number of aromatic nitrogens is 2. The number of rotatable bonds is 8. The molecule has 0 N–H and O–H groups in total. The van der Waals surface area contributed by atoms with E-state index in [2.05, 4.69) is 5.10 Å². The van der Waals surface area contributed by atoms with E-state index < -0.39 is 9.84 Å². The lowest BCUT2D eigenvalue weighted by atomic mass is 9.95. The Kier molecular flexibility index (Phi) is 6.74. The van der Waals surface area contributed by atoms with Crippen LogP contribution in [0.15, 0.2) is 41.4 Å². The third-order valence-corrected chi connectivity index (χ3v) is 6.88. The number of methoxy groups -OCH3 is 1. The average molecular weight is 457 g/mol. The van der Waals surface area contributed by atoms with E-state index in [1.165, 1.54) is 12.5 Å². The van der Waals surface area contributed by atoms with Gasteiger partial charge in [-0.15, -0.1) is 0 Å². The Morgan fingerprint density at radius 3 is 2.28 bits per heavy atom. The summed E-state index contributed by atoms with van der Waals surface area (Å²) in [5.41, 5.74) is 3.47. The molecule has 0 aliphatic carbocycles. The monoisotopic (exact) mass is 456 g/mol. The molecule has 0 aliphatic rings. The van der Waals surface area contributed by atoms with Crippen molar-refractivity contribution < 1.29 is 22.7 Å². The van der Waals surface area contributed by atoms with Gasteiger partial charge in [-0.3, -0.25) is 4.79 Å². The minimum atomic E-state index is -3.41. The summed E-state index contributed by atoms with van der Waals surface area (Å²) in [5.74, 6) is 0.885. The lowest BCUT2D eigenvalue weighted by Crippen LogP contribution is -2.12. The van der Waals surface area contributed by atoms with Gasteiger partial charge in [0.1, 0.15) is 17.9 Å². The van der Waals surface area contributed by atoms with Gasteiger partial charge >= 0.3 is 0 Å². The van der Waals surface area contributed by atoms with Gasteiger partial charge in [0.15, 0.2) is 15.6 Å². The van der Waals surface area contributed by atoms with Gasteiger partial charge in [-0.1, -0.05) is 12.1 Å². The summed E-state index contributed by atoms with van der Waals surface area (Å²) >= 11 is 0. The second-order valence-electron chi connectivity index (χ2n) is 7.74. The molecule has 0 unspecified atom stereocenters. The molecule has 0 saturated carbocycles. The van der Waals surface area contributed by atoms with Gasteiger partial charge in [0.2, 0.25) is 5.88 Å². The van der Waals surface area contributed by atoms with Crippen LogP contribution in [-0.4, -0.2) is 37.3 Å². The van der Waals surface area contributed by atoms with Crippen LogP contribution >= 0.6 is 0 Å². The Labute approximate surface area is 188 Å². The summed E-state index contributed by atoms with van der Waals surface area (Å²) in [5, 5.41) is 4.31. The SMILES string of the molecule is CCn1ncc(C(=O)c2cc(C)c(S(C)(=O)=O)c(C)c2C)c1OCc1ccc(OC)cc1. The van der Waals surface area contributed by atoms with Crippen LogP contribution in [0.25, 0.3) is 0 Å². The van der Waals surface area contributed by atoms with Gasteiger partial charge in [-0.05, 0) is 68.1 Å². The lowest BCUT2D eigenvalue weighted by Gasteiger charge is -2.15. The summed E-state index contributed by atoms with van der Waals surface area (Å²) in [4.78, 5) is 13.7. The maximum Gasteiger partial charge on any atom is 0.223 e. The van der Waals surface area contributed by atoms with Crippen LogP contribution in [0.2, 0.25) is 0 Å². The molecule has 8 heteroatoms. The van der Waals surface area contributed by atoms with E-state index in [4.69, 9.17) is 9.47 Å². The van der Waals surface area contributed by atoms with Crippen molar-refractivity contribution in [2.24, 2.45) is 0 Å². The third kappa shape index (κ3) is 4.55. The van der Waals surface area contributed by atoms with E-state index in [1.807, 2.05) is 31.2 Å². The third-order valence-electron chi connectivity index (χ3n) is 5.51. The molecular formula is C24H28N2O5S. The fourth-order valence-electron chi connectivity index (χ4n) is 3.79. The van der Waals surface area contributed by atoms with Crippen molar-refractivity contribution in [3.63, 3.8) is 0 Å². The first-order chi connectivity index (χ1) is 15.1. The molecule has 3 rings (SSSR count). The number of aryl methyl sites for hydroxylation is 2. The second-order valence-corrected chi connectivity index (χ2v) is 9.69. The second kappa shape index (κ2) is 9.16. The highest BCUT2D eigenvalue weighted by molar-refractivity contribution is 7.90. The van der Waals surface area contributed by atoms with E-state index in [-0.39, 0.29) is 17.3 Å². The van der Waals surface area contributed by atoms with Crippen LogP contribution in [0.1, 0.15) is 45.1 Å². The minimum Gasteiger partial charge on any atom is -0.497 e. The van der Waals surface area contributed by atoms with Gasteiger partial charge in [0.25, 0.3) is 0 Å². The van der Waals surface area contributed by atoms with Crippen molar-refractivity contribution in [2.75, 3.05) is 13.4 Å². The highest BCUT2D eigenvalue weighted by Gasteiger charge is 2.25.